The first-order valence-corrected chi connectivity index (χ1v) is 10.9. The Bertz CT molecular complexity index is 1100. The van der Waals surface area contributed by atoms with E-state index in [1.165, 1.54) is 19.3 Å². The molecule has 1 saturated carbocycles. The van der Waals surface area contributed by atoms with Crippen LogP contribution < -0.4 is 15.0 Å². The molecule has 154 valence electrons. The molecule has 3 aromatic rings. The predicted octanol–water partition coefficient (Wildman–Crippen LogP) is 3.47. The van der Waals surface area contributed by atoms with Crippen LogP contribution in [0.2, 0.25) is 0 Å². The van der Waals surface area contributed by atoms with E-state index in [9.17, 15) is 9.00 Å². The van der Waals surface area contributed by atoms with Gasteiger partial charge in [0.1, 0.15) is 11.3 Å². The van der Waals surface area contributed by atoms with Crippen LogP contribution in [0, 0.1) is 0 Å². The third kappa shape index (κ3) is 4.29. The maximum Gasteiger partial charge on any atom is 0.274 e. The molecular formula is C21H25N3O4S. The Morgan fingerprint density at radius 1 is 1.24 bits per heavy atom. The summed E-state index contributed by atoms with van der Waals surface area (Å²) in [6, 6.07) is 7.68. The van der Waals surface area contributed by atoms with Crippen molar-refractivity contribution in [2.75, 3.05) is 0 Å². The van der Waals surface area contributed by atoms with E-state index in [1.807, 2.05) is 30.5 Å². The molecule has 1 atom stereocenters. The van der Waals surface area contributed by atoms with Crippen molar-refractivity contribution in [2.24, 2.45) is 7.05 Å². The summed E-state index contributed by atoms with van der Waals surface area (Å²) in [7, 11) is 1.73. The number of H-pyrrole nitrogens is 1. The van der Waals surface area contributed by atoms with Crippen LogP contribution in [0.5, 0.6) is 5.75 Å². The van der Waals surface area contributed by atoms with E-state index in [2.05, 4.69) is 9.71 Å². The Labute approximate surface area is 171 Å². The number of pyridine rings is 1. The summed E-state index contributed by atoms with van der Waals surface area (Å²) in [5.74, 6) is 0.770. The van der Waals surface area contributed by atoms with Gasteiger partial charge in [-0.1, -0.05) is 12.5 Å². The fraction of sp³-hybridized carbons (Fsp3) is 0.381. The van der Waals surface area contributed by atoms with Crippen LogP contribution in [-0.4, -0.2) is 24.4 Å². The maximum atomic E-state index is 12.4. The normalized spacial score (nSPS) is 16.2. The minimum absolute atomic E-state index is 0.0861. The molecule has 29 heavy (non-hydrogen) atoms. The minimum atomic E-state index is -2.08. The van der Waals surface area contributed by atoms with Gasteiger partial charge in [-0.05, 0) is 49.4 Å². The lowest BCUT2D eigenvalue weighted by atomic mass is 9.97. The highest BCUT2D eigenvalue weighted by atomic mass is 32.2. The standard InChI is InChI=1S/C21H25N3O4S/c1-24-13-18(16-9-10-22-20(16)21(24)25)17-11-14(12-23-29(26)27)7-8-19(17)28-15-5-3-2-4-6-15/h7-11,13,15,22-23H,2-6,12H2,1H3,(H,26,27). The summed E-state index contributed by atoms with van der Waals surface area (Å²) >= 11 is -2.08. The number of aromatic nitrogens is 2. The first kappa shape index (κ1) is 19.9. The summed E-state index contributed by atoms with van der Waals surface area (Å²) in [6.07, 6.45) is 9.45. The number of hydrogen-bond donors (Lipinski definition) is 3. The van der Waals surface area contributed by atoms with Gasteiger partial charge in [-0.3, -0.25) is 9.35 Å². The molecule has 0 saturated heterocycles. The smallest absolute Gasteiger partial charge is 0.274 e. The lowest BCUT2D eigenvalue weighted by Crippen LogP contribution is -2.20. The first-order chi connectivity index (χ1) is 14.0. The molecule has 2 aromatic heterocycles. The van der Waals surface area contributed by atoms with Crippen LogP contribution in [0.1, 0.15) is 37.7 Å². The second-order valence-corrected chi connectivity index (χ2v) is 8.29. The van der Waals surface area contributed by atoms with E-state index < -0.39 is 11.3 Å². The van der Waals surface area contributed by atoms with Crippen LogP contribution >= 0.6 is 0 Å². The summed E-state index contributed by atoms with van der Waals surface area (Å²) < 4.78 is 30.5. The summed E-state index contributed by atoms with van der Waals surface area (Å²) in [6.45, 7) is 0.252. The zero-order chi connectivity index (χ0) is 20.4. The molecule has 3 N–H and O–H groups in total. The van der Waals surface area contributed by atoms with Crippen molar-refractivity contribution in [2.45, 2.75) is 44.8 Å². The molecule has 1 fully saturated rings. The fourth-order valence-corrected chi connectivity index (χ4v) is 4.28. The van der Waals surface area contributed by atoms with Crippen LogP contribution in [0.4, 0.5) is 0 Å². The third-order valence-corrected chi connectivity index (χ3v) is 5.87. The molecule has 0 bridgehead atoms. The highest BCUT2D eigenvalue weighted by molar-refractivity contribution is 7.77. The number of rotatable bonds is 6. The SMILES string of the molecule is Cn1cc(-c2cc(CNS(=O)O)ccc2OC2CCCCC2)c2cc[nH]c2c1=O. The van der Waals surface area contributed by atoms with Gasteiger partial charge in [0.2, 0.25) is 11.3 Å². The highest BCUT2D eigenvalue weighted by Gasteiger charge is 2.19. The van der Waals surface area contributed by atoms with Crippen molar-refractivity contribution < 1.29 is 13.5 Å². The summed E-state index contributed by atoms with van der Waals surface area (Å²) in [5, 5.41) is 0.831. The number of nitrogens with one attached hydrogen (secondary N) is 2. The van der Waals surface area contributed by atoms with Crippen LogP contribution in [0.3, 0.4) is 0 Å². The van der Waals surface area contributed by atoms with Crippen molar-refractivity contribution in [1.82, 2.24) is 14.3 Å². The van der Waals surface area contributed by atoms with Crippen LogP contribution in [0.25, 0.3) is 22.0 Å². The van der Waals surface area contributed by atoms with Gasteiger partial charge in [0.25, 0.3) is 5.56 Å². The van der Waals surface area contributed by atoms with Crippen LogP contribution in [0.15, 0.2) is 41.5 Å². The molecule has 1 aliphatic rings. The van der Waals surface area contributed by atoms with Gasteiger partial charge < -0.3 is 14.3 Å². The quantitative estimate of drug-likeness (QED) is 0.537. The number of aryl methyl sites for hydroxylation is 1. The van der Waals surface area contributed by atoms with E-state index in [0.717, 1.165) is 40.7 Å². The lowest BCUT2D eigenvalue weighted by molar-refractivity contribution is 0.155. The molecular weight excluding hydrogens is 390 g/mol. The van der Waals surface area contributed by atoms with Gasteiger partial charge in [0, 0.05) is 42.5 Å². The molecule has 2 heterocycles. The molecule has 0 radical (unpaired) electrons. The topological polar surface area (TPSA) is 96.3 Å². The number of hydrogen-bond acceptors (Lipinski definition) is 3. The number of nitrogens with zero attached hydrogens (tertiary/aromatic N) is 1. The van der Waals surface area contributed by atoms with Gasteiger partial charge in [0.05, 0.1) is 6.10 Å². The number of aromatic amines is 1. The van der Waals surface area contributed by atoms with Gasteiger partial charge in [-0.2, -0.15) is 0 Å². The van der Waals surface area contributed by atoms with Gasteiger partial charge in [0.15, 0.2) is 0 Å². The van der Waals surface area contributed by atoms with Crippen molar-refractivity contribution in [1.29, 1.82) is 0 Å². The third-order valence-electron chi connectivity index (χ3n) is 5.47. The molecule has 4 rings (SSSR count). The van der Waals surface area contributed by atoms with Crippen molar-refractivity contribution >= 4 is 22.2 Å². The molecule has 1 aliphatic carbocycles. The molecule has 0 amide bonds. The van der Waals surface area contributed by atoms with Gasteiger partial charge in [-0.25, -0.2) is 8.93 Å². The number of benzene rings is 1. The molecule has 1 aromatic carbocycles. The van der Waals surface area contributed by atoms with Gasteiger partial charge in [-0.15, -0.1) is 0 Å². The Balaban J connectivity index is 1.81. The summed E-state index contributed by atoms with van der Waals surface area (Å²) in [4.78, 5) is 15.5. The van der Waals surface area contributed by atoms with Crippen molar-refractivity contribution in [3.05, 3.63) is 52.6 Å². The molecule has 8 heteroatoms. The largest absolute Gasteiger partial charge is 0.490 e. The maximum absolute atomic E-state index is 12.4. The number of fused-ring (bicyclic) bond motifs is 1. The monoisotopic (exact) mass is 415 g/mol. The minimum Gasteiger partial charge on any atom is -0.490 e. The Morgan fingerprint density at radius 3 is 2.79 bits per heavy atom. The predicted molar refractivity (Wildman–Crippen MR) is 114 cm³/mol. The van der Waals surface area contributed by atoms with Crippen LogP contribution in [-0.2, 0) is 24.9 Å². The van der Waals surface area contributed by atoms with E-state index in [-0.39, 0.29) is 18.2 Å². The molecule has 7 nitrogen and oxygen atoms in total. The Morgan fingerprint density at radius 2 is 2.03 bits per heavy atom. The van der Waals surface area contributed by atoms with E-state index in [0.29, 0.717) is 5.52 Å². The van der Waals surface area contributed by atoms with E-state index >= 15 is 0 Å². The van der Waals surface area contributed by atoms with Crippen molar-refractivity contribution in [3.63, 3.8) is 0 Å². The Hall–Kier alpha value is -2.42. The van der Waals surface area contributed by atoms with Gasteiger partial charge >= 0.3 is 0 Å². The highest BCUT2D eigenvalue weighted by Crippen LogP contribution is 2.36. The molecule has 0 spiro atoms. The second-order valence-electron chi connectivity index (χ2n) is 7.50. The fourth-order valence-electron chi connectivity index (χ4n) is 3.99. The second kappa shape index (κ2) is 8.52. The molecule has 0 aliphatic heterocycles. The van der Waals surface area contributed by atoms with Crippen molar-refractivity contribution in [3.8, 4) is 16.9 Å². The average Bonchev–Trinajstić information content (AvgIpc) is 3.21. The van der Waals surface area contributed by atoms with E-state index in [4.69, 9.17) is 9.29 Å². The number of ether oxygens (including phenoxy) is 1. The zero-order valence-corrected chi connectivity index (χ0v) is 17.1. The lowest BCUT2D eigenvalue weighted by Gasteiger charge is -2.25. The average molecular weight is 416 g/mol. The first-order valence-electron chi connectivity index (χ1n) is 9.84. The Kier molecular flexibility index (Phi) is 5.84. The molecule has 1 unspecified atom stereocenters. The summed E-state index contributed by atoms with van der Waals surface area (Å²) in [5.41, 5.74) is 3.08. The zero-order valence-electron chi connectivity index (χ0n) is 16.3. The van der Waals surface area contributed by atoms with E-state index in [1.54, 1.807) is 17.8 Å².